The van der Waals surface area contributed by atoms with Crippen LogP contribution < -0.4 is 13.2 Å². The molecule has 1 aromatic carbocycles. The maximum absolute atomic E-state index is 5.75. The third-order valence-electron chi connectivity index (χ3n) is 3.35. The van der Waals surface area contributed by atoms with Crippen LogP contribution in [0.3, 0.4) is 0 Å². The maximum Gasteiger partial charge on any atom is 0.125 e. The first-order chi connectivity index (χ1) is 8.86. The molecule has 1 saturated heterocycles. The van der Waals surface area contributed by atoms with Gasteiger partial charge < -0.3 is 9.64 Å². The molecular weight excluding hydrogens is 339 g/mol. The molecule has 0 spiro atoms. The van der Waals surface area contributed by atoms with Crippen molar-refractivity contribution in [2.75, 3.05) is 24.6 Å². The van der Waals surface area contributed by atoms with E-state index in [0.29, 0.717) is 0 Å². The summed E-state index contributed by atoms with van der Waals surface area (Å²) in [7, 11) is 0. The summed E-state index contributed by atoms with van der Waals surface area (Å²) in [5.41, 5.74) is 2.63. The van der Waals surface area contributed by atoms with Crippen LogP contribution in [0.5, 0.6) is 5.75 Å². The zero-order valence-corrected chi connectivity index (χ0v) is 13.1. The van der Waals surface area contributed by atoms with E-state index in [0.717, 1.165) is 18.9 Å². The van der Waals surface area contributed by atoms with E-state index in [1.165, 1.54) is 43.6 Å². The zero-order valence-electron chi connectivity index (χ0n) is 10.9. The third-order valence-corrected chi connectivity index (χ3v) is 3.73. The van der Waals surface area contributed by atoms with Crippen LogP contribution in [0.4, 0.5) is 5.69 Å². The van der Waals surface area contributed by atoms with Crippen molar-refractivity contribution in [2.24, 2.45) is 0 Å². The van der Waals surface area contributed by atoms with Crippen molar-refractivity contribution in [1.29, 1.82) is 0 Å². The monoisotopic (exact) mass is 360 g/mol. The maximum atomic E-state index is 5.75. The average Bonchev–Trinajstić information content (AvgIpc) is 2.42. The molecule has 1 aliphatic rings. The Hall–Kier alpha value is -0.490. The Morgan fingerprint density at radius 2 is 2.06 bits per heavy atom. The molecule has 0 saturated carbocycles. The van der Waals surface area contributed by atoms with Gasteiger partial charge in [-0.2, -0.15) is 0 Å². The molecule has 0 unspecified atom stereocenters. The van der Waals surface area contributed by atoms with Crippen molar-refractivity contribution < 1.29 is 4.74 Å². The minimum Gasteiger partial charge on any atom is -0.493 e. The topological polar surface area (TPSA) is 24.5 Å². The third kappa shape index (κ3) is 3.29. The molecule has 2 rings (SSSR count). The van der Waals surface area contributed by atoms with Crippen LogP contribution in [0, 0.1) is 0 Å². The Morgan fingerprint density at radius 1 is 1.28 bits per heavy atom. The van der Waals surface area contributed by atoms with Gasteiger partial charge in [0.05, 0.1) is 6.61 Å². The molecule has 3 nitrogen and oxygen atoms in total. The lowest BCUT2D eigenvalue weighted by molar-refractivity contribution is 0.336. The summed E-state index contributed by atoms with van der Waals surface area (Å²) in [5, 5.41) is 0. The standard InChI is InChI=1S/C14H21IN2O/c1-2-18-14-8-6-7-13(12(14)11-16-15)17-9-4-3-5-10-17/h6-8,16H,2-5,9-11H2,1H3. The average molecular weight is 360 g/mol. The fourth-order valence-electron chi connectivity index (χ4n) is 2.52. The number of piperidine rings is 1. The van der Waals surface area contributed by atoms with Gasteiger partial charge in [-0.05, 0) is 38.3 Å². The quantitative estimate of drug-likeness (QED) is 0.643. The molecular formula is C14H21IN2O. The van der Waals surface area contributed by atoms with E-state index in [2.05, 4.69) is 49.5 Å². The number of hydrogen-bond acceptors (Lipinski definition) is 3. The summed E-state index contributed by atoms with van der Waals surface area (Å²) in [5.74, 6) is 1.02. The van der Waals surface area contributed by atoms with Crippen molar-refractivity contribution >= 4 is 28.6 Å². The normalized spacial score (nSPS) is 15.8. The first-order valence-electron chi connectivity index (χ1n) is 6.70. The number of nitrogens with one attached hydrogen (secondary N) is 1. The van der Waals surface area contributed by atoms with Gasteiger partial charge >= 0.3 is 0 Å². The molecule has 4 heteroatoms. The molecule has 18 heavy (non-hydrogen) atoms. The number of hydrogen-bond donors (Lipinski definition) is 1. The van der Waals surface area contributed by atoms with Crippen molar-refractivity contribution in [3.63, 3.8) is 0 Å². The van der Waals surface area contributed by atoms with Gasteiger partial charge in [-0.3, -0.25) is 3.53 Å². The Morgan fingerprint density at radius 3 is 2.72 bits per heavy atom. The highest BCUT2D eigenvalue weighted by Gasteiger charge is 2.16. The summed E-state index contributed by atoms with van der Waals surface area (Å²) in [6.45, 7) is 5.95. The summed E-state index contributed by atoms with van der Waals surface area (Å²) in [6.07, 6.45) is 3.97. The van der Waals surface area contributed by atoms with Crippen LogP contribution in [0.25, 0.3) is 0 Å². The van der Waals surface area contributed by atoms with Crippen LogP contribution in [-0.2, 0) is 6.54 Å². The minimum atomic E-state index is 0.720. The summed E-state index contributed by atoms with van der Waals surface area (Å²) in [6, 6.07) is 6.39. The van der Waals surface area contributed by atoms with Crippen molar-refractivity contribution in [3.8, 4) is 5.75 Å². The highest BCUT2D eigenvalue weighted by atomic mass is 127. The second kappa shape index (κ2) is 7.19. The molecule has 0 amide bonds. The lowest BCUT2D eigenvalue weighted by Gasteiger charge is -2.31. The van der Waals surface area contributed by atoms with Gasteiger partial charge in [0.1, 0.15) is 5.75 Å². The molecule has 1 heterocycles. The molecule has 0 atom stereocenters. The number of rotatable bonds is 5. The van der Waals surface area contributed by atoms with E-state index in [1.807, 2.05) is 6.92 Å². The summed E-state index contributed by atoms with van der Waals surface area (Å²) in [4.78, 5) is 2.50. The lowest BCUT2D eigenvalue weighted by atomic mass is 10.1. The van der Waals surface area contributed by atoms with Gasteiger partial charge in [0.15, 0.2) is 0 Å². The number of ether oxygens (including phenoxy) is 1. The molecule has 0 aromatic heterocycles. The number of anilines is 1. The van der Waals surface area contributed by atoms with E-state index in [-0.39, 0.29) is 0 Å². The molecule has 1 aliphatic heterocycles. The van der Waals surface area contributed by atoms with Crippen molar-refractivity contribution in [3.05, 3.63) is 23.8 Å². The molecule has 1 aromatic rings. The largest absolute Gasteiger partial charge is 0.493 e. The Kier molecular flexibility index (Phi) is 5.56. The number of benzene rings is 1. The number of halogens is 1. The van der Waals surface area contributed by atoms with E-state index in [9.17, 15) is 0 Å². The van der Waals surface area contributed by atoms with Gasteiger partial charge in [0, 0.05) is 53.7 Å². The highest BCUT2D eigenvalue weighted by molar-refractivity contribution is 14.1. The van der Waals surface area contributed by atoms with Gasteiger partial charge in [-0.15, -0.1) is 0 Å². The highest BCUT2D eigenvalue weighted by Crippen LogP contribution is 2.31. The fourth-order valence-corrected chi connectivity index (χ4v) is 2.90. The van der Waals surface area contributed by atoms with Gasteiger partial charge in [0.25, 0.3) is 0 Å². The first kappa shape index (κ1) is 13.9. The van der Waals surface area contributed by atoms with Crippen LogP contribution in [0.15, 0.2) is 18.2 Å². The van der Waals surface area contributed by atoms with Gasteiger partial charge in [-0.25, -0.2) is 0 Å². The first-order valence-corrected chi connectivity index (χ1v) is 7.77. The van der Waals surface area contributed by atoms with E-state index >= 15 is 0 Å². The van der Waals surface area contributed by atoms with Crippen molar-refractivity contribution in [1.82, 2.24) is 3.53 Å². The Balaban J connectivity index is 2.28. The zero-order chi connectivity index (χ0) is 12.8. The van der Waals surface area contributed by atoms with E-state index < -0.39 is 0 Å². The SMILES string of the molecule is CCOc1cccc(N2CCCCC2)c1CNI. The van der Waals surface area contributed by atoms with E-state index in [1.54, 1.807) is 0 Å². The van der Waals surface area contributed by atoms with Gasteiger partial charge in [-0.1, -0.05) is 6.07 Å². The summed E-state index contributed by atoms with van der Waals surface area (Å²) >= 11 is 2.20. The van der Waals surface area contributed by atoms with Gasteiger partial charge in [0.2, 0.25) is 0 Å². The predicted octanol–water partition coefficient (Wildman–Crippen LogP) is 3.52. The minimum absolute atomic E-state index is 0.720. The van der Waals surface area contributed by atoms with E-state index in [4.69, 9.17) is 4.74 Å². The summed E-state index contributed by atoms with van der Waals surface area (Å²) < 4.78 is 8.98. The second-order valence-electron chi connectivity index (χ2n) is 4.54. The molecule has 1 N–H and O–H groups in total. The molecule has 1 fully saturated rings. The molecule has 0 radical (unpaired) electrons. The van der Waals surface area contributed by atoms with Crippen LogP contribution >= 0.6 is 22.9 Å². The lowest BCUT2D eigenvalue weighted by Crippen LogP contribution is -2.30. The molecule has 0 bridgehead atoms. The smallest absolute Gasteiger partial charge is 0.125 e. The predicted molar refractivity (Wildman–Crippen MR) is 84.5 cm³/mol. The van der Waals surface area contributed by atoms with Crippen LogP contribution in [-0.4, -0.2) is 19.7 Å². The molecule has 0 aliphatic carbocycles. The second-order valence-corrected chi connectivity index (χ2v) is 5.31. The van der Waals surface area contributed by atoms with Crippen molar-refractivity contribution in [2.45, 2.75) is 32.7 Å². The Bertz CT molecular complexity index is 378. The van der Waals surface area contributed by atoms with Crippen LogP contribution in [0.2, 0.25) is 0 Å². The van der Waals surface area contributed by atoms with Crippen LogP contribution in [0.1, 0.15) is 31.7 Å². The molecule has 100 valence electrons. The Labute approximate surface area is 123 Å². The number of nitrogens with zero attached hydrogens (tertiary/aromatic N) is 1. The fraction of sp³-hybridized carbons (Fsp3) is 0.571.